The van der Waals surface area contributed by atoms with Gasteiger partial charge in [-0.05, 0) is 47.7 Å². The second-order valence-corrected chi connectivity index (χ2v) is 6.19. The molecule has 2 heterocycles. The van der Waals surface area contributed by atoms with Crippen molar-refractivity contribution >= 4 is 11.7 Å². The Labute approximate surface area is 147 Å². The van der Waals surface area contributed by atoms with E-state index in [0.29, 0.717) is 28.8 Å². The van der Waals surface area contributed by atoms with Crippen molar-refractivity contribution in [2.45, 2.75) is 18.8 Å². The van der Waals surface area contributed by atoms with Crippen LogP contribution in [-0.4, -0.2) is 20.7 Å². The molecule has 0 amide bonds. The van der Waals surface area contributed by atoms with Crippen LogP contribution in [0.5, 0.6) is 0 Å². The molecular weight excluding hydrogens is 338 g/mol. The van der Waals surface area contributed by atoms with Gasteiger partial charge in [0.15, 0.2) is 5.78 Å². The SMILES string of the molecule is Nc1ncc2c(n1)CC(c1ccc(F)cc1-c1cccnc1F)CC2=O. The molecule has 0 saturated heterocycles. The van der Waals surface area contributed by atoms with Crippen LogP contribution >= 0.6 is 0 Å². The molecule has 130 valence electrons. The molecule has 1 aliphatic carbocycles. The van der Waals surface area contributed by atoms with Crippen LogP contribution in [0.2, 0.25) is 0 Å². The summed E-state index contributed by atoms with van der Waals surface area (Å²) in [7, 11) is 0. The van der Waals surface area contributed by atoms with Gasteiger partial charge in [-0.15, -0.1) is 0 Å². The summed E-state index contributed by atoms with van der Waals surface area (Å²) in [6, 6.07) is 7.29. The largest absolute Gasteiger partial charge is 0.368 e. The van der Waals surface area contributed by atoms with Gasteiger partial charge in [-0.1, -0.05) is 6.07 Å². The monoisotopic (exact) mass is 352 g/mol. The smallest absolute Gasteiger partial charge is 0.220 e. The molecule has 7 heteroatoms. The Morgan fingerprint density at radius 1 is 1.04 bits per heavy atom. The third-order valence-corrected chi connectivity index (χ3v) is 4.56. The number of carbonyl (C=O) groups is 1. The van der Waals surface area contributed by atoms with E-state index in [9.17, 15) is 13.6 Å². The fourth-order valence-electron chi connectivity index (χ4n) is 3.39. The van der Waals surface area contributed by atoms with Crippen molar-refractivity contribution in [3.05, 3.63) is 71.3 Å². The summed E-state index contributed by atoms with van der Waals surface area (Å²) < 4.78 is 28.0. The Hall–Kier alpha value is -3.22. The molecule has 0 fully saturated rings. The molecule has 0 bridgehead atoms. The number of nitrogen functional groups attached to an aromatic ring is 1. The number of fused-ring (bicyclic) bond motifs is 1. The van der Waals surface area contributed by atoms with Crippen LogP contribution in [0.4, 0.5) is 14.7 Å². The second kappa shape index (κ2) is 6.25. The van der Waals surface area contributed by atoms with Gasteiger partial charge in [-0.3, -0.25) is 4.79 Å². The first kappa shape index (κ1) is 16.3. The Morgan fingerprint density at radius 3 is 2.69 bits per heavy atom. The molecule has 1 unspecified atom stereocenters. The Balaban J connectivity index is 1.82. The lowest BCUT2D eigenvalue weighted by Crippen LogP contribution is -2.21. The molecule has 2 N–H and O–H groups in total. The van der Waals surface area contributed by atoms with Crippen LogP contribution < -0.4 is 5.73 Å². The number of aromatic nitrogens is 3. The minimum atomic E-state index is -0.687. The lowest BCUT2D eigenvalue weighted by Gasteiger charge is -2.25. The number of anilines is 1. The lowest BCUT2D eigenvalue weighted by atomic mass is 9.79. The number of ketones is 1. The van der Waals surface area contributed by atoms with E-state index in [1.54, 1.807) is 18.2 Å². The standard InChI is InChI=1S/C19H14F2N4O/c20-11-3-4-12(14(8-11)13-2-1-5-23-18(13)21)10-6-16-15(17(26)7-10)9-24-19(22)25-16/h1-5,8-10H,6-7H2,(H2,22,24,25). The van der Waals surface area contributed by atoms with E-state index < -0.39 is 11.8 Å². The zero-order chi connectivity index (χ0) is 18.3. The average molecular weight is 352 g/mol. The minimum Gasteiger partial charge on any atom is -0.368 e. The molecule has 1 aromatic carbocycles. The molecule has 0 aliphatic heterocycles. The number of benzene rings is 1. The van der Waals surface area contributed by atoms with E-state index in [2.05, 4.69) is 15.0 Å². The van der Waals surface area contributed by atoms with Gasteiger partial charge in [0.1, 0.15) is 5.82 Å². The number of pyridine rings is 1. The molecule has 1 aliphatic rings. The summed E-state index contributed by atoms with van der Waals surface area (Å²) >= 11 is 0. The summed E-state index contributed by atoms with van der Waals surface area (Å²) in [6.45, 7) is 0. The van der Waals surface area contributed by atoms with E-state index in [-0.39, 0.29) is 29.6 Å². The van der Waals surface area contributed by atoms with E-state index in [1.165, 1.54) is 24.5 Å². The summed E-state index contributed by atoms with van der Waals surface area (Å²) in [5.74, 6) is -1.46. The number of hydrogen-bond acceptors (Lipinski definition) is 5. The third kappa shape index (κ3) is 2.81. The maximum Gasteiger partial charge on any atom is 0.220 e. The van der Waals surface area contributed by atoms with E-state index in [4.69, 9.17) is 5.73 Å². The van der Waals surface area contributed by atoms with Crippen molar-refractivity contribution in [1.82, 2.24) is 15.0 Å². The fraction of sp³-hybridized carbons (Fsp3) is 0.158. The van der Waals surface area contributed by atoms with Crippen molar-refractivity contribution in [3.8, 4) is 11.1 Å². The van der Waals surface area contributed by atoms with Crippen LogP contribution in [-0.2, 0) is 6.42 Å². The number of rotatable bonds is 2. The zero-order valence-corrected chi connectivity index (χ0v) is 13.6. The van der Waals surface area contributed by atoms with Crippen molar-refractivity contribution < 1.29 is 13.6 Å². The Kier molecular flexibility index (Phi) is 3.91. The number of hydrogen-bond donors (Lipinski definition) is 1. The summed E-state index contributed by atoms with van der Waals surface area (Å²) in [6.07, 6.45) is 3.41. The topological polar surface area (TPSA) is 81.8 Å². The van der Waals surface area contributed by atoms with E-state index in [0.717, 1.165) is 0 Å². The second-order valence-electron chi connectivity index (χ2n) is 6.19. The Morgan fingerprint density at radius 2 is 1.88 bits per heavy atom. The first-order valence-corrected chi connectivity index (χ1v) is 8.08. The average Bonchev–Trinajstić information content (AvgIpc) is 2.61. The number of nitrogens with two attached hydrogens (primary N) is 1. The molecule has 1 atom stereocenters. The third-order valence-electron chi connectivity index (χ3n) is 4.56. The van der Waals surface area contributed by atoms with Gasteiger partial charge in [0.25, 0.3) is 0 Å². The van der Waals surface area contributed by atoms with E-state index in [1.807, 2.05) is 0 Å². The molecule has 0 saturated carbocycles. The molecule has 4 rings (SSSR count). The molecule has 0 spiro atoms. The highest BCUT2D eigenvalue weighted by Gasteiger charge is 2.30. The number of nitrogens with zero attached hydrogens (tertiary/aromatic N) is 3. The van der Waals surface area contributed by atoms with Gasteiger partial charge in [-0.25, -0.2) is 19.3 Å². The first-order valence-electron chi connectivity index (χ1n) is 8.08. The van der Waals surface area contributed by atoms with Crippen LogP contribution in [0, 0.1) is 11.8 Å². The van der Waals surface area contributed by atoms with Crippen molar-refractivity contribution in [2.24, 2.45) is 0 Å². The maximum absolute atomic E-state index is 14.2. The molecule has 0 radical (unpaired) electrons. The lowest BCUT2D eigenvalue weighted by molar-refractivity contribution is 0.0963. The van der Waals surface area contributed by atoms with Crippen LogP contribution in [0.3, 0.4) is 0 Å². The van der Waals surface area contributed by atoms with Crippen molar-refractivity contribution in [3.63, 3.8) is 0 Å². The highest BCUT2D eigenvalue weighted by molar-refractivity contribution is 5.98. The fourth-order valence-corrected chi connectivity index (χ4v) is 3.39. The summed E-state index contributed by atoms with van der Waals surface area (Å²) in [5.41, 5.74) is 7.90. The van der Waals surface area contributed by atoms with Crippen LogP contribution in [0.15, 0.2) is 42.7 Å². The molecule has 2 aromatic heterocycles. The predicted octanol–water partition coefficient (Wildman–Crippen LogP) is 3.31. The normalized spacial score (nSPS) is 16.4. The Bertz CT molecular complexity index is 1020. The summed E-state index contributed by atoms with van der Waals surface area (Å²) in [5, 5.41) is 0. The maximum atomic E-state index is 14.2. The molecule has 3 aromatic rings. The van der Waals surface area contributed by atoms with Gasteiger partial charge in [0.05, 0.1) is 11.3 Å². The number of Topliss-reactive ketones (excluding diaryl/α,β-unsaturated/α-hetero) is 1. The molecular formula is C19H14F2N4O. The first-order chi connectivity index (χ1) is 12.5. The highest BCUT2D eigenvalue weighted by Crippen LogP contribution is 2.38. The highest BCUT2D eigenvalue weighted by atomic mass is 19.1. The minimum absolute atomic E-state index is 0.0924. The van der Waals surface area contributed by atoms with E-state index >= 15 is 0 Å². The molecule has 5 nitrogen and oxygen atoms in total. The zero-order valence-electron chi connectivity index (χ0n) is 13.6. The molecule has 26 heavy (non-hydrogen) atoms. The van der Waals surface area contributed by atoms with Gasteiger partial charge >= 0.3 is 0 Å². The van der Waals surface area contributed by atoms with Gasteiger partial charge in [0, 0.05) is 24.4 Å². The van der Waals surface area contributed by atoms with Gasteiger partial charge in [-0.2, -0.15) is 4.39 Å². The number of carbonyl (C=O) groups excluding carboxylic acids is 1. The number of halogens is 2. The summed E-state index contributed by atoms with van der Waals surface area (Å²) in [4.78, 5) is 24.2. The van der Waals surface area contributed by atoms with Gasteiger partial charge in [0.2, 0.25) is 11.9 Å². The quantitative estimate of drug-likeness (QED) is 0.716. The van der Waals surface area contributed by atoms with Crippen molar-refractivity contribution in [2.75, 3.05) is 5.73 Å². The van der Waals surface area contributed by atoms with Gasteiger partial charge < -0.3 is 5.73 Å². The van der Waals surface area contributed by atoms with Crippen LogP contribution in [0.25, 0.3) is 11.1 Å². The predicted molar refractivity (Wildman–Crippen MR) is 91.4 cm³/mol. The van der Waals surface area contributed by atoms with Crippen LogP contribution in [0.1, 0.15) is 34.0 Å². The van der Waals surface area contributed by atoms with Crippen molar-refractivity contribution in [1.29, 1.82) is 0 Å².